The molecule has 0 bridgehead atoms. The minimum atomic E-state index is -1.01. The van der Waals surface area contributed by atoms with Gasteiger partial charge in [0.2, 0.25) is 0 Å². The number of hydrogen-bond donors (Lipinski definition) is 1. The Balaban J connectivity index is 2.62. The third-order valence-corrected chi connectivity index (χ3v) is 2.54. The van der Waals surface area contributed by atoms with Crippen molar-refractivity contribution in [3.63, 3.8) is 0 Å². The molecule has 0 heterocycles. The van der Waals surface area contributed by atoms with E-state index in [0.717, 1.165) is 6.08 Å². The van der Waals surface area contributed by atoms with Crippen molar-refractivity contribution in [3.05, 3.63) is 35.9 Å². The maximum Gasteiger partial charge on any atom is 0.328 e. The van der Waals surface area contributed by atoms with Crippen molar-refractivity contribution in [2.24, 2.45) is 0 Å². The fourth-order valence-electron chi connectivity index (χ4n) is 1.31. The average Bonchev–Trinajstić information content (AvgIpc) is 2.42. The van der Waals surface area contributed by atoms with Crippen LogP contribution >= 0.6 is 0 Å². The number of benzene rings is 1. The van der Waals surface area contributed by atoms with E-state index in [-0.39, 0.29) is 12.5 Å². The number of carbonyl (C=O) groups excluding carboxylic acids is 1. The second-order valence-corrected chi connectivity index (χ2v) is 3.94. The number of carboxylic acid groups (broad SMARTS) is 1. The molecule has 1 aromatic carbocycles. The van der Waals surface area contributed by atoms with Gasteiger partial charge in [0.1, 0.15) is 5.75 Å². The van der Waals surface area contributed by atoms with Crippen molar-refractivity contribution in [1.29, 1.82) is 0 Å². The third kappa shape index (κ3) is 5.25. The number of nitrogens with zero attached hydrogens (tertiary/aromatic N) is 1. The maximum absolute atomic E-state index is 11.6. The minimum Gasteiger partial charge on any atom is -0.484 e. The molecule has 0 radical (unpaired) electrons. The Bertz CT molecular complexity index is 482. The molecule has 5 heteroatoms. The number of ether oxygens (including phenoxy) is 1. The Labute approximate surface area is 112 Å². The number of amides is 1. The van der Waals surface area contributed by atoms with E-state index in [2.05, 4.69) is 0 Å². The van der Waals surface area contributed by atoms with Gasteiger partial charge < -0.3 is 14.7 Å². The average molecular weight is 263 g/mol. The van der Waals surface area contributed by atoms with Gasteiger partial charge in [0, 0.05) is 19.7 Å². The van der Waals surface area contributed by atoms with Gasteiger partial charge >= 0.3 is 5.97 Å². The fraction of sp³-hybridized carbons (Fsp3) is 0.286. The molecule has 0 saturated carbocycles. The first-order valence-electron chi connectivity index (χ1n) is 5.90. The smallest absolute Gasteiger partial charge is 0.328 e. The van der Waals surface area contributed by atoms with Crippen LogP contribution in [0.25, 0.3) is 6.08 Å². The summed E-state index contributed by atoms with van der Waals surface area (Å²) in [6, 6.07) is 6.90. The highest BCUT2D eigenvalue weighted by Crippen LogP contribution is 2.14. The van der Waals surface area contributed by atoms with Crippen LogP contribution in [0.3, 0.4) is 0 Å². The van der Waals surface area contributed by atoms with E-state index in [1.54, 1.807) is 36.2 Å². The highest BCUT2D eigenvalue weighted by atomic mass is 16.5. The molecule has 0 aliphatic rings. The van der Waals surface area contributed by atoms with Gasteiger partial charge in [-0.3, -0.25) is 4.79 Å². The molecule has 0 aromatic heterocycles. The Hall–Kier alpha value is -2.30. The van der Waals surface area contributed by atoms with Gasteiger partial charge in [0.15, 0.2) is 6.61 Å². The van der Waals surface area contributed by atoms with Crippen LogP contribution in [0.2, 0.25) is 0 Å². The van der Waals surface area contributed by atoms with Crippen LogP contribution in [0, 0.1) is 0 Å². The van der Waals surface area contributed by atoms with Crippen LogP contribution in [-0.4, -0.2) is 42.1 Å². The van der Waals surface area contributed by atoms with E-state index >= 15 is 0 Å². The van der Waals surface area contributed by atoms with Crippen molar-refractivity contribution in [1.82, 2.24) is 4.90 Å². The predicted molar refractivity (Wildman–Crippen MR) is 71.9 cm³/mol. The Kier molecular flexibility index (Phi) is 5.60. The Morgan fingerprint density at radius 3 is 2.79 bits per heavy atom. The van der Waals surface area contributed by atoms with Crippen LogP contribution in [0.4, 0.5) is 0 Å². The first-order valence-corrected chi connectivity index (χ1v) is 5.90. The lowest BCUT2D eigenvalue weighted by Crippen LogP contribution is -2.31. The summed E-state index contributed by atoms with van der Waals surface area (Å²) >= 11 is 0. The van der Waals surface area contributed by atoms with E-state index in [1.807, 2.05) is 6.92 Å². The molecule has 102 valence electrons. The lowest BCUT2D eigenvalue weighted by Gasteiger charge is -2.14. The zero-order valence-corrected chi connectivity index (χ0v) is 11.0. The lowest BCUT2D eigenvalue weighted by molar-refractivity contribution is -0.132. The SMILES string of the molecule is CCN(C)C(=O)COc1cccc(/C=C/C(=O)O)c1. The van der Waals surface area contributed by atoms with Gasteiger partial charge in [-0.1, -0.05) is 12.1 Å². The largest absolute Gasteiger partial charge is 0.484 e. The molecule has 0 unspecified atom stereocenters. The molecule has 0 atom stereocenters. The molecular formula is C14H17NO4. The van der Waals surface area contributed by atoms with E-state index in [4.69, 9.17) is 9.84 Å². The summed E-state index contributed by atoms with van der Waals surface area (Å²) in [5.41, 5.74) is 0.705. The van der Waals surface area contributed by atoms with Crippen LogP contribution < -0.4 is 4.74 Å². The van der Waals surface area contributed by atoms with Crippen molar-refractivity contribution in [3.8, 4) is 5.75 Å². The van der Waals surface area contributed by atoms with E-state index in [9.17, 15) is 9.59 Å². The van der Waals surface area contributed by atoms with Crippen LogP contribution in [0.5, 0.6) is 5.75 Å². The number of aliphatic carboxylic acids is 1. The van der Waals surface area contributed by atoms with Gasteiger partial charge in [-0.25, -0.2) is 4.79 Å². The summed E-state index contributed by atoms with van der Waals surface area (Å²) in [4.78, 5) is 23.5. The molecule has 1 aromatic rings. The van der Waals surface area contributed by atoms with Crippen molar-refractivity contribution in [2.75, 3.05) is 20.2 Å². The molecule has 1 amide bonds. The van der Waals surface area contributed by atoms with Gasteiger partial charge in [-0.2, -0.15) is 0 Å². The molecule has 1 rings (SSSR count). The molecule has 1 N–H and O–H groups in total. The van der Waals surface area contributed by atoms with Gasteiger partial charge in [0.25, 0.3) is 5.91 Å². The van der Waals surface area contributed by atoms with Gasteiger partial charge in [-0.05, 0) is 30.7 Å². The van der Waals surface area contributed by atoms with E-state index in [0.29, 0.717) is 17.9 Å². The summed E-state index contributed by atoms with van der Waals surface area (Å²) in [5.74, 6) is -0.578. The van der Waals surface area contributed by atoms with E-state index < -0.39 is 5.97 Å². The molecule has 0 spiro atoms. The van der Waals surface area contributed by atoms with Crippen molar-refractivity contribution >= 4 is 18.0 Å². The number of carboxylic acids is 1. The molecular weight excluding hydrogens is 246 g/mol. The standard InChI is InChI=1S/C14H17NO4/c1-3-15(2)13(16)10-19-12-6-4-5-11(9-12)7-8-14(17)18/h4-9H,3,10H2,1-2H3,(H,17,18)/b8-7+. The van der Waals surface area contributed by atoms with Gasteiger partial charge in [-0.15, -0.1) is 0 Å². The van der Waals surface area contributed by atoms with Crippen LogP contribution in [-0.2, 0) is 9.59 Å². The number of hydrogen-bond acceptors (Lipinski definition) is 3. The normalized spacial score (nSPS) is 10.4. The zero-order valence-electron chi connectivity index (χ0n) is 11.0. The summed E-state index contributed by atoms with van der Waals surface area (Å²) in [6.07, 6.45) is 2.52. The molecule has 0 aliphatic carbocycles. The van der Waals surface area contributed by atoms with Gasteiger partial charge in [0.05, 0.1) is 0 Å². The molecule has 5 nitrogen and oxygen atoms in total. The zero-order chi connectivity index (χ0) is 14.3. The molecule has 19 heavy (non-hydrogen) atoms. The first kappa shape index (κ1) is 14.8. The summed E-state index contributed by atoms with van der Waals surface area (Å²) in [7, 11) is 1.71. The van der Waals surface area contributed by atoms with Crippen LogP contribution in [0.15, 0.2) is 30.3 Å². The maximum atomic E-state index is 11.6. The monoisotopic (exact) mass is 263 g/mol. The second-order valence-electron chi connectivity index (χ2n) is 3.94. The topological polar surface area (TPSA) is 66.8 Å². The third-order valence-electron chi connectivity index (χ3n) is 2.54. The number of likely N-dealkylation sites (N-methyl/N-ethyl adjacent to an activating group) is 1. The molecule has 0 saturated heterocycles. The molecule has 0 aliphatic heterocycles. The Morgan fingerprint density at radius 1 is 1.42 bits per heavy atom. The first-order chi connectivity index (χ1) is 9.02. The lowest BCUT2D eigenvalue weighted by atomic mass is 10.2. The van der Waals surface area contributed by atoms with Crippen LogP contribution in [0.1, 0.15) is 12.5 Å². The predicted octanol–water partition coefficient (Wildman–Crippen LogP) is 1.64. The summed E-state index contributed by atoms with van der Waals surface area (Å²) in [5, 5.41) is 8.54. The van der Waals surface area contributed by atoms with Crippen molar-refractivity contribution < 1.29 is 19.4 Å². The number of rotatable bonds is 6. The highest BCUT2D eigenvalue weighted by Gasteiger charge is 2.07. The quantitative estimate of drug-likeness (QED) is 0.792. The number of carbonyl (C=O) groups is 2. The molecule has 0 fully saturated rings. The summed E-state index contributed by atoms with van der Waals surface area (Å²) < 4.78 is 5.37. The minimum absolute atomic E-state index is 0.0313. The second kappa shape index (κ2) is 7.20. The Morgan fingerprint density at radius 2 is 2.16 bits per heavy atom. The van der Waals surface area contributed by atoms with Crippen molar-refractivity contribution in [2.45, 2.75) is 6.92 Å². The summed E-state index contributed by atoms with van der Waals surface area (Å²) in [6.45, 7) is 2.48. The highest BCUT2D eigenvalue weighted by molar-refractivity contribution is 5.85. The van der Waals surface area contributed by atoms with E-state index in [1.165, 1.54) is 6.08 Å². The fourth-order valence-corrected chi connectivity index (χ4v) is 1.31.